The molecule has 0 amide bonds. The number of benzene rings is 2. The van der Waals surface area contributed by atoms with Crippen LogP contribution < -0.4 is 0 Å². The molecule has 0 spiro atoms. The van der Waals surface area contributed by atoms with Gasteiger partial charge >= 0.3 is 11.9 Å². The molecule has 0 saturated carbocycles. The third-order valence-electron chi connectivity index (χ3n) is 2.94. The highest BCUT2D eigenvalue weighted by molar-refractivity contribution is 6.03. The van der Waals surface area contributed by atoms with E-state index in [2.05, 4.69) is 4.98 Å². The number of fused-ring (bicyclic) bond motifs is 1. The van der Waals surface area contributed by atoms with Crippen molar-refractivity contribution in [3.05, 3.63) is 71.9 Å². The molecule has 0 fully saturated rings. The average molecular weight is 265 g/mol. The molecular weight excluding hydrogens is 254 g/mol. The Morgan fingerprint density at radius 2 is 1.55 bits per heavy atom. The molecule has 1 N–H and O–H groups in total. The Balaban J connectivity index is 1.81. The number of ether oxygens (including phenoxy) is 1. The highest BCUT2D eigenvalue weighted by atomic mass is 16.6. The predicted molar refractivity (Wildman–Crippen MR) is 74.5 cm³/mol. The molecular formula is C16H11NO3. The van der Waals surface area contributed by atoms with Crippen LogP contribution in [0, 0.1) is 0 Å². The first-order chi connectivity index (χ1) is 9.74. The molecule has 0 aliphatic heterocycles. The largest absolute Gasteiger partial charge is 0.385 e. The molecule has 1 aromatic heterocycles. The summed E-state index contributed by atoms with van der Waals surface area (Å²) in [5.74, 6) is -1.34. The van der Waals surface area contributed by atoms with Crippen molar-refractivity contribution in [2.45, 2.75) is 0 Å². The summed E-state index contributed by atoms with van der Waals surface area (Å²) in [6.45, 7) is 0. The molecule has 98 valence electrons. The number of aromatic amines is 1. The maximum absolute atomic E-state index is 11.9. The van der Waals surface area contributed by atoms with Crippen molar-refractivity contribution in [2.24, 2.45) is 0 Å². The van der Waals surface area contributed by atoms with E-state index in [0.717, 1.165) is 10.9 Å². The fourth-order valence-corrected chi connectivity index (χ4v) is 1.96. The lowest BCUT2D eigenvalue weighted by atomic mass is 10.2. The van der Waals surface area contributed by atoms with Gasteiger partial charge in [0.15, 0.2) is 0 Å². The molecule has 3 rings (SSSR count). The minimum Gasteiger partial charge on any atom is -0.385 e. The van der Waals surface area contributed by atoms with Gasteiger partial charge in [-0.25, -0.2) is 9.59 Å². The number of carbonyl (C=O) groups excluding carboxylic acids is 2. The predicted octanol–water partition coefficient (Wildman–Crippen LogP) is 3.17. The highest BCUT2D eigenvalue weighted by Gasteiger charge is 2.16. The maximum atomic E-state index is 11.9. The normalized spacial score (nSPS) is 10.4. The minimum atomic E-state index is -0.685. The lowest BCUT2D eigenvalue weighted by Crippen LogP contribution is -2.12. The van der Waals surface area contributed by atoms with Gasteiger partial charge in [0.1, 0.15) is 5.69 Å². The lowest BCUT2D eigenvalue weighted by molar-refractivity contribution is 0.0394. The van der Waals surface area contributed by atoms with Crippen LogP contribution in [0.4, 0.5) is 0 Å². The highest BCUT2D eigenvalue weighted by Crippen LogP contribution is 2.15. The number of carbonyl (C=O) groups is 2. The van der Waals surface area contributed by atoms with Crippen molar-refractivity contribution in [1.82, 2.24) is 4.98 Å². The van der Waals surface area contributed by atoms with E-state index < -0.39 is 11.9 Å². The molecule has 0 aliphatic rings. The van der Waals surface area contributed by atoms with E-state index in [4.69, 9.17) is 4.74 Å². The monoisotopic (exact) mass is 265 g/mol. The molecule has 0 aliphatic carbocycles. The van der Waals surface area contributed by atoms with Gasteiger partial charge in [-0.05, 0) is 24.3 Å². The van der Waals surface area contributed by atoms with Crippen molar-refractivity contribution in [2.75, 3.05) is 0 Å². The topological polar surface area (TPSA) is 59.2 Å². The summed E-state index contributed by atoms with van der Waals surface area (Å²) in [7, 11) is 0. The Morgan fingerprint density at radius 3 is 2.30 bits per heavy atom. The Kier molecular flexibility index (Phi) is 3.05. The van der Waals surface area contributed by atoms with Crippen molar-refractivity contribution >= 4 is 22.8 Å². The van der Waals surface area contributed by atoms with Crippen LogP contribution in [0.15, 0.2) is 60.7 Å². The molecule has 4 heteroatoms. The first kappa shape index (κ1) is 12.2. The molecule has 0 atom stereocenters. The molecule has 20 heavy (non-hydrogen) atoms. The standard InChI is InChI=1S/C16H11NO3/c18-15(11-6-2-1-3-7-11)20-16(19)14-10-12-8-4-5-9-13(12)17-14/h1-10,17H. The summed E-state index contributed by atoms with van der Waals surface area (Å²) in [5, 5.41) is 0.895. The summed E-state index contributed by atoms with van der Waals surface area (Å²) in [4.78, 5) is 26.6. The van der Waals surface area contributed by atoms with E-state index in [1.165, 1.54) is 0 Å². The van der Waals surface area contributed by atoms with Crippen molar-refractivity contribution < 1.29 is 14.3 Å². The second kappa shape index (κ2) is 5.01. The van der Waals surface area contributed by atoms with Crippen LogP contribution in [-0.4, -0.2) is 16.9 Å². The molecule has 4 nitrogen and oxygen atoms in total. The molecule has 1 heterocycles. The van der Waals surface area contributed by atoms with Crippen LogP contribution in [0.5, 0.6) is 0 Å². The van der Waals surface area contributed by atoms with Gasteiger partial charge in [0, 0.05) is 10.9 Å². The van der Waals surface area contributed by atoms with E-state index in [0.29, 0.717) is 5.56 Å². The lowest BCUT2D eigenvalue weighted by Gasteiger charge is -2.00. The van der Waals surface area contributed by atoms with Gasteiger partial charge in [0.25, 0.3) is 0 Å². The number of hydrogen-bond acceptors (Lipinski definition) is 3. The van der Waals surface area contributed by atoms with Gasteiger partial charge in [-0.3, -0.25) is 0 Å². The first-order valence-corrected chi connectivity index (χ1v) is 6.13. The number of aromatic nitrogens is 1. The third kappa shape index (κ3) is 2.31. The summed E-state index contributed by atoms with van der Waals surface area (Å²) < 4.78 is 4.84. The number of rotatable bonds is 2. The molecule has 0 radical (unpaired) electrons. The summed E-state index contributed by atoms with van der Waals surface area (Å²) >= 11 is 0. The summed E-state index contributed by atoms with van der Waals surface area (Å²) in [6.07, 6.45) is 0. The zero-order chi connectivity index (χ0) is 13.9. The van der Waals surface area contributed by atoms with Gasteiger partial charge in [-0.2, -0.15) is 0 Å². The number of nitrogens with one attached hydrogen (secondary N) is 1. The van der Waals surface area contributed by atoms with Crippen molar-refractivity contribution in [1.29, 1.82) is 0 Å². The summed E-state index contributed by atoms with van der Waals surface area (Å²) in [6, 6.07) is 17.5. The first-order valence-electron chi connectivity index (χ1n) is 6.13. The Bertz CT molecular complexity index is 742. The van der Waals surface area contributed by atoms with E-state index in [9.17, 15) is 9.59 Å². The van der Waals surface area contributed by atoms with Crippen LogP contribution in [0.2, 0.25) is 0 Å². The number of hydrogen-bond donors (Lipinski definition) is 1. The van der Waals surface area contributed by atoms with E-state index in [1.807, 2.05) is 24.3 Å². The van der Waals surface area contributed by atoms with Gasteiger partial charge < -0.3 is 9.72 Å². The Hall–Kier alpha value is -2.88. The van der Waals surface area contributed by atoms with Gasteiger partial charge in [-0.1, -0.05) is 36.4 Å². The second-order valence-corrected chi connectivity index (χ2v) is 4.31. The average Bonchev–Trinajstić information content (AvgIpc) is 2.92. The zero-order valence-corrected chi connectivity index (χ0v) is 10.5. The van der Waals surface area contributed by atoms with Crippen LogP contribution in [0.3, 0.4) is 0 Å². The van der Waals surface area contributed by atoms with Crippen molar-refractivity contribution in [3.63, 3.8) is 0 Å². The molecule has 2 aromatic carbocycles. The SMILES string of the molecule is O=C(OC(=O)c1cc2ccccc2[nH]1)c1ccccc1. The molecule has 3 aromatic rings. The van der Waals surface area contributed by atoms with Crippen LogP contribution in [-0.2, 0) is 4.74 Å². The van der Waals surface area contributed by atoms with Gasteiger partial charge in [0.2, 0.25) is 0 Å². The van der Waals surface area contributed by atoms with Crippen LogP contribution in [0.1, 0.15) is 20.8 Å². The van der Waals surface area contributed by atoms with Crippen LogP contribution in [0.25, 0.3) is 10.9 Å². The van der Waals surface area contributed by atoms with Crippen LogP contribution >= 0.6 is 0 Å². The molecule has 0 unspecified atom stereocenters. The number of esters is 2. The number of para-hydroxylation sites is 1. The Labute approximate surface area is 115 Å². The van der Waals surface area contributed by atoms with Gasteiger partial charge in [-0.15, -0.1) is 0 Å². The maximum Gasteiger partial charge on any atom is 0.362 e. The fourth-order valence-electron chi connectivity index (χ4n) is 1.96. The van der Waals surface area contributed by atoms with Gasteiger partial charge in [0.05, 0.1) is 5.56 Å². The fraction of sp³-hybridized carbons (Fsp3) is 0. The quantitative estimate of drug-likeness (QED) is 0.572. The summed E-state index contributed by atoms with van der Waals surface area (Å²) in [5.41, 5.74) is 1.43. The van der Waals surface area contributed by atoms with Crippen molar-refractivity contribution in [3.8, 4) is 0 Å². The number of H-pyrrole nitrogens is 1. The zero-order valence-electron chi connectivity index (χ0n) is 10.5. The van der Waals surface area contributed by atoms with E-state index in [-0.39, 0.29) is 5.69 Å². The molecule has 0 bridgehead atoms. The van der Waals surface area contributed by atoms with E-state index >= 15 is 0 Å². The second-order valence-electron chi connectivity index (χ2n) is 4.31. The Morgan fingerprint density at radius 1 is 0.850 bits per heavy atom. The van der Waals surface area contributed by atoms with E-state index in [1.54, 1.807) is 36.4 Å². The molecule has 0 saturated heterocycles. The minimum absolute atomic E-state index is 0.260. The third-order valence-corrected chi connectivity index (χ3v) is 2.94. The smallest absolute Gasteiger partial charge is 0.362 e.